The van der Waals surface area contributed by atoms with Crippen molar-refractivity contribution >= 4 is 33.3 Å². The highest BCUT2D eigenvalue weighted by Gasteiger charge is 2.05. The summed E-state index contributed by atoms with van der Waals surface area (Å²) in [6.07, 6.45) is 2.04. The second-order valence-electron chi connectivity index (χ2n) is 5.62. The van der Waals surface area contributed by atoms with Gasteiger partial charge in [-0.25, -0.2) is 4.98 Å². The molecule has 0 atom stereocenters. The molecular weight excluding hydrogens is 378 g/mol. The van der Waals surface area contributed by atoms with E-state index in [-0.39, 0.29) is 5.91 Å². The van der Waals surface area contributed by atoms with E-state index in [0.29, 0.717) is 12.2 Å². The van der Waals surface area contributed by atoms with E-state index in [9.17, 15) is 4.79 Å². The molecule has 0 radical (unpaired) electrons. The predicted octanol–water partition coefficient (Wildman–Crippen LogP) is 4.64. The molecule has 25 heavy (non-hydrogen) atoms. The molecule has 0 unspecified atom stereocenters. The minimum atomic E-state index is -0.0835. The first-order valence-corrected chi connectivity index (χ1v) is 8.76. The first-order valence-electron chi connectivity index (χ1n) is 7.97. The minimum absolute atomic E-state index is 0.0835. The zero-order valence-electron chi connectivity index (χ0n) is 13.6. The lowest BCUT2D eigenvalue weighted by molar-refractivity contribution is -0.115. The van der Waals surface area contributed by atoms with Crippen molar-refractivity contribution in [2.45, 2.75) is 13.0 Å². The van der Waals surface area contributed by atoms with Crippen molar-refractivity contribution in [1.29, 1.82) is 0 Å². The molecule has 2 N–H and O–H groups in total. The van der Waals surface area contributed by atoms with Gasteiger partial charge in [-0.05, 0) is 35.4 Å². The highest BCUT2D eigenvalue weighted by atomic mass is 79.9. The Morgan fingerprint density at radius 2 is 1.68 bits per heavy atom. The molecule has 4 nitrogen and oxygen atoms in total. The summed E-state index contributed by atoms with van der Waals surface area (Å²) < 4.78 is 0.997. The zero-order valence-corrected chi connectivity index (χ0v) is 15.2. The van der Waals surface area contributed by atoms with Crippen LogP contribution in [-0.4, -0.2) is 10.9 Å². The smallest absolute Gasteiger partial charge is 0.229 e. The quantitative estimate of drug-likeness (QED) is 0.639. The van der Waals surface area contributed by atoms with Crippen LogP contribution in [0.5, 0.6) is 0 Å². The van der Waals surface area contributed by atoms with Crippen LogP contribution in [-0.2, 0) is 17.8 Å². The lowest BCUT2D eigenvalue weighted by Gasteiger charge is -2.08. The Bertz CT molecular complexity index is 818. The van der Waals surface area contributed by atoms with Crippen molar-refractivity contribution < 1.29 is 4.79 Å². The number of carbonyl (C=O) groups is 1. The monoisotopic (exact) mass is 395 g/mol. The van der Waals surface area contributed by atoms with Crippen LogP contribution >= 0.6 is 15.9 Å². The van der Waals surface area contributed by atoms with Crippen molar-refractivity contribution in [2.75, 3.05) is 10.6 Å². The highest BCUT2D eigenvalue weighted by Crippen LogP contribution is 2.13. The maximum Gasteiger partial charge on any atom is 0.229 e. The Kier molecular flexibility index (Phi) is 5.80. The Balaban J connectivity index is 1.51. The third-order valence-electron chi connectivity index (χ3n) is 3.65. The fraction of sp³-hybridized carbons (Fsp3) is 0.100. The number of rotatable bonds is 6. The van der Waals surface area contributed by atoms with Crippen LogP contribution in [0.2, 0.25) is 0 Å². The summed E-state index contributed by atoms with van der Waals surface area (Å²) in [6, 6.07) is 21.6. The normalized spacial score (nSPS) is 10.3. The van der Waals surface area contributed by atoms with Crippen molar-refractivity contribution in [3.63, 3.8) is 0 Å². The number of carbonyl (C=O) groups excluding carboxylic acids is 1. The van der Waals surface area contributed by atoms with E-state index in [1.165, 1.54) is 5.56 Å². The number of hydrogen-bond donors (Lipinski definition) is 2. The van der Waals surface area contributed by atoms with Gasteiger partial charge in [-0.2, -0.15) is 0 Å². The summed E-state index contributed by atoms with van der Waals surface area (Å²) in [5.74, 6) is 0.465. The summed E-state index contributed by atoms with van der Waals surface area (Å²) in [7, 11) is 0. The average molecular weight is 396 g/mol. The van der Waals surface area contributed by atoms with Gasteiger partial charge in [-0.3, -0.25) is 4.79 Å². The van der Waals surface area contributed by atoms with Crippen molar-refractivity contribution in [3.05, 3.63) is 88.5 Å². The SMILES string of the molecule is O=C(Cc1ccc(Br)cc1)Nc1ccc(NCc2ccccc2)cn1. The standard InChI is InChI=1S/C20H18BrN3O/c21-17-8-6-15(7-9-17)12-20(25)24-19-11-10-18(14-23-19)22-13-16-4-2-1-3-5-16/h1-11,14,22H,12-13H2,(H,23,24,25). The first-order chi connectivity index (χ1) is 12.2. The van der Waals surface area contributed by atoms with Gasteiger partial charge in [0.25, 0.3) is 0 Å². The van der Waals surface area contributed by atoms with E-state index in [1.54, 1.807) is 12.3 Å². The molecular formula is C20H18BrN3O. The highest BCUT2D eigenvalue weighted by molar-refractivity contribution is 9.10. The molecule has 126 valence electrons. The third kappa shape index (κ3) is 5.43. The van der Waals surface area contributed by atoms with Gasteiger partial charge in [0.1, 0.15) is 5.82 Å². The Hall–Kier alpha value is -2.66. The van der Waals surface area contributed by atoms with Crippen molar-refractivity contribution in [3.8, 4) is 0 Å². The van der Waals surface area contributed by atoms with E-state index >= 15 is 0 Å². The summed E-state index contributed by atoms with van der Waals surface area (Å²) in [5.41, 5.74) is 3.07. The van der Waals surface area contributed by atoms with Crippen molar-refractivity contribution in [2.24, 2.45) is 0 Å². The van der Waals surface area contributed by atoms with E-state index in [4.69, 9.17) is 0 Å². The topological polar surface area (TPSA) is 54.0 Å². The van der Waals surface area contributed by atoms with Gasteiger partial charge in [0.2, 0.25) is 5.91 Å². The molecule has 0 aliphatic rings. The zero-order chi connectivity index (χ0) is 17.5. The molecule has 1 amide bonds. The van der Waals surface area contributed by atoms with Crippen LogP contribution in [0.4, 0.5) is 11.5 Å². The molecule has 2 aromatic carbocycles. The molecule has 0 saturated carbocycles. The number of nitrogens with zero attached hydrogens (tertiary/aromatic N) is 1. The molecule has 3 aromatic rings. The second kappa shape index (κ2) is 8.44. The number of hydrogen-bond acceptors (Lipinski definition) is 3. The summed E-state index contributed by atoms with van der Waals surface area (Å²) in [6.45, 7) is 0.734. The van der Waals surface area contributed by atoms with Crippen LogP contribution in [0.25, 0.3) is 0 Å². The van der Waals surface area contributed by atoms with Crippen LogP contribution in [0.3, 0.4) is 0 Å². The Morgan fingerprint density at radius 1 is 0.920 bits per heavy atom. The van der Waals surface area contributed by atoms with Gasteiger partial charge in [-0.15, -0.1) is 0 Å². The largest absolute Gasteiger partial charge is 0.380 e. The van der Waals surface area contributed by atoms with Gasteiger partial charge in [-0.1, -0.05) is 58.4 Å². The summed E-state index contributed by atoms with van der Waals surface area (Å²) >= 11 is 3.38. The minimum Gasteiger partial charge on any atom is -0.380 e. The lowest BCUT2D eigenvalue weighted by atomic mass is 10.1. The van der Waals surface area contributed by atoms with Gasteiger partial charge < -0.3 is 10.6 Å². The maximum absolute atomic E-state index is 12.1. The predicted molar refractivity (Wildman–Crippen MR) is 104 cm³/mol. The van der Waals surface area contributed by atoms with Gasteiger partial charge in [0.15, 0.2) is 0 Å². The maximum atomic E-state index is 12.1. The molecule has 0 fully saturated rings. The molecule has 5 heteroatoms. The van der Waals surface area contributed by atoms with Gasteiger partial charge in [0.05, 0.1) is 18.3 Å². The first kappa shape index (κ1) is 17.2. The van der Waals surface area contributed by atoms with Crippen LogP contribution in [0.1, 0.15) is 11.1 Å². The summed E-state index contributed by atoms with van der Waals surface area (Å²) in [5, 5.41) is 6.12. The Morgan fingerprint density at radius 3 is 2.36 bits per heavy atom. The number of anilines is 2. The number of pyridine rings is 1. The van der Waals surface area contributed by atoms with E-state index < -0.39 is 0 Å². The second-order valence-corrected chi connectivity index (χ2v) is 6.54. The molecule has 0 aliphatic heterocycles. The molecule has 0 spiro atoms. The Labute approximate surface area is 155 Å². The van der Waals surface area contributed by atoms with Crippen LogP contribution < -0.4 is 10.6 Å². The van der Waals surface area contributed by atoms with E-state index in [1.807, 2.05) is 48.5 Å². The van der Waals surface area contributed by atoms with E-state index in [0.717, 1.165) is 22.3 Å². The van der Waals surface area contributed by atoms with Crippen LogP contribution in [0.15, 0.2) is 77.4 Å². The lowest BCUT2D eigenvalue weighted by Crippen LogP contribution is -2.15. The summed E-state index contributed by atoms with van der Waals surface area (Å²) in [4.78, 5) is 16.4. The molecule has 1 heterocycles. The third-order valence-corrected chi connectivity index (χ3v) is 4.18. The van der Waals surface area contributed by atoms with E-state index in [2.05, 4.69) is 43.7 Å². The fourth-order valence-corrected chi connectivity index (χ4v) is 2.61. The fourth-order valence-electron chi connectivity index (χ4n) is 2.35. The molecule has 0 aliphatic carbocycles. The molecule has 1 aromatic heterocycles. The number of nitrogens with one attached hydrogen (secondary N) is 2. The molecule has 0 saturated heterocycles. The van der Waals surface area contributed by atoms with Gasteiger partial charge in [0, 0.05) is 11.0 Å². The number of halogens is 1. The van der Waals surface area contributed by atoms with Crippen LogP contribution in [0, 0.1) is 0 Å². The number of benzene rings is 2. The molecule has 3 rings (SSSR count). The average Bonchev–Trinajstić information content (AvgIpc) is 2.64. The number of amides is 1. The molecule has 0 bridgehead atoms. The number of aromatic nitrogens is 1. The van der Waals surface area contributed by atoms with Crippen molar-refractivity contribution in [1.82, 2.24) is 4.98 Å². The van der Waals surface area contributed by atoms with Gasteiger partial charge >= 0.3 is 0 Å².